The van der Waals surface area contributed by atoms with Gasteiger partial charge in [0.05, 0.1) is 49.0 Å². The summed E-state index contributed by atoms with van der Waals surface area (Å²) >= 11 is 0. The van der Waals surface area contributed by atoms with Crippen LogP contribution in [0.25, 0.3) is 131 Å². The normalized spacial score (nSPS) is 11.4. The highest BCUT2D eigenvalue weighted by Gasteiger charge is 2.19. The van der Waals surface area contributed by atoms with Crippen LogP contribution in [0, 0.1) is 0 Å². The Morgan fingerprint density at radius 2 is 0.449 bits per heavy atom. The zero-order chi connectivity index (χ0) is 65.1. The lowest BCUT2D eigenvalue weighted by Crippen LogP contribution is -2.05. The van der Waals surface area contributed by atoms with Crippen molar-refractivity contribution in [1.82, 2.24) is 39.1 Å². The Bertz CT molecular complexity index is 5470. The topological polar surface area (TPSA) is 71.3 Å². The molecule has 19 aromatic rings. The molecule has 0 N–H and O–H groups in total. The van der Waals surface area contributed by atoms with Gasteiger partial charge in [0.1, 0.15) is 0 Å². The van der Waals surface area contributed by atoms with Crippen molar-refractivity contribution in [3.05, 3.63) is 375 Å². The van der Waals surface area contributed by atoms with Crippen LogP contribution in [0.4, 0.5) is 0 Å². The molecule has 0 amide bonds. The third-order valence-corrected chi connectivity index (χ3v) is 18.9. The highest BCUT2D eigenvalue weighted by Crippen LogP contribution is 2.41. The summed E-state index contributed by atoms with van der Waals surface area (Å²) < 4.78 is 8.32. The molecule has 0 fully saturated rings. The molecular formula is C90H66N8. The van der Waals surface area contributed by atoms with Crippen molar-refractivity contribution >= 4 is 86.2 Å². The van der Waals surface area contributed by atoms with Crippen molar-refractivity contribution in [2.45, 2.75) is 26.2 Å². The summed E-state index contributed by atoms with van der Waals surface area (Å²) in [5, 5.41) is 39.4. The standard InChI is InChI=1S/2C42H30N4.C6H6/c2*1-5-13-35-31(9-1)25-32-10-2-6-14-36(32)41(35)39-22-24-45(44-39)27-29-17-19-30(20-18-29)28-46-40(21-23-43-46)42-37-15-7-3-11-33(37)26-34-12-4-8-16-38(34)42;1-2-4-6-5-3-1/h2*1-26H,27-28H2;1-6H. The molecule has 0 atom stereocenters. The van der Waals surface area contributed by atoms with E-state index in [1.807, 2.05) is 58.2 Å². The van der Waals surface area contributed by atoms with E-state index in [1.165, 1.54) is 131 Å². The Balaban J connectivity index is 0.000000136. The number of hydrogen-bond donors (Lipinski definition) is 0. The van der Waals surface area contributed by atoms with Crippen LogP contribution >= 0.6 is 0 Å². The van der Waals surface area contributed by atoms with E-state index in [9.17, 15) is 0 Å². The second-order valence-electron chi connectivity index (χ2n) is 25.1. The number of hydrogen-bond acceptors (Lipinski definition) is 4. The quantitative estimate of drug-likeness (QED) is 0.114. The maximum absolute atomic E-state index is 5.06. The fourth-order valence-corrected chi connectivity index (χ4v) is 14.3. The zero-order valence-corrected chi connectivity index (χ0v) is 53.9. The van der Waals surface area contributed by atoms with Crippen LogP contribution < -0.4 is 0 Å². The summed E-state index contributed by atoms with van der Waals surface area (Å²) in [4.78, 5) is 0. The molecule has 8 nitrogen and oxygen atoms in total. The summed E-state index contributed by atoms with van der Waals surface area (Å²) in [7, 11) is 0. The SMILES string of the molecule is c1ccc2c(-c3ccn(Cc4ccc(Cn5nccc5-c5c6ccccc6cc6ccccc56)cc4)n3)c3ccccc3cc2c1.c1ccc2c(-c3ccn(Cc4ccc(Cn5nccc5-c5c6ccccc6cc6ccccc56)cc4)n3)c3ccccc3cc2c1.c1ccccc1. The first-order chi connectivity index (χ1) is 48.6. The lowest BCUT2D eigenvalue weighted by Gasteiger charge is -2.14. The summed E-state index contributed by atoms with van der Waals surface area (Å²) in [5.74, 6) is 0. The molecule has 4 heterocycles. The van der Waals surface area contributed by atoms with Gasteiger partial charge in [-0.1, -0.05) is 279 Å². The lowest BCUT2D eigenvalue weighted by molar-refractivity contribution is 0.684. The Kier molecular flexibility index (Phi) is 15.8. The van der Waals surface area contributed by atoms with Crippen molar-refractivity contribution in [3.8, 4) is 45.0 Å². The molecule has 0 spiro atoms. The van der Waals surface area contributed by atoms with Crippen LogP contribution in [0.3, 0.4) is 0 Å². The third kappa shape index (κ3) is 11.7. The maximum atomic E-state index is 5.06. The second kappa shape index (κ2) is 26.2. The predicted molar refractivity (Wildman–Crippen MR) is 406 cm³/mol. The highest BCUT2D eigenvalue weighted by molar-refractivity contribution is 6.15. The summed E-state index contributed by atoms with van der Waals surface area (Å²) in [6.07, 6.45) is 8.00. The predicted octanol–water partition coefficient (Wildman–Crippen LogP) is 21.9. The lowest BCUT2D eigenvalue weighted by atomic mass is 9.95. The molecule has 0 radical (unpaired) electrons. The van der Waals surface area contributed by atoms with Crippen LogP contribution in [0.2, 0.25) is 0 Å². The molecule has 4 aromatic heterocycles. The monoisotopic (exact) mass is 1260 g/mol. The van der Waals surface area contributed by atoms with E-state index in [1.54, 1.807) is 0 Å². The van der Waals surface area contributed by atoms with Gasteiger partial charge < -0.3 is 0 Å². The fourth-order valence-electron chi connectivity index (χ4n) is 14.3. The van der Waals surface area contributed by atoms with E-state index >= 15 is 0 Å². The number of nitrogens with zero attached hydrogens (tertiary/aromatic N) is 8. The molecule has 19 rings (SSSR count). The van der Waals surface area contributed by atoms with Gasteiger partial charge in [-0.3, -0.25) is 18.7 Å². The van der Waals surface area contributed by atoms with Crippen molar-refractivity contribution < 1.29 is 0 Å². The van der Waals surface area contributed by atoms with Gasteiger partial charge in [0.25, 0.3) is 0 Å². The molecule has 15 aromatic carbocycles. The van der Waals surface area contributed by atoms with Gasteiger partial charge in [-0.05, 0) is 157 Å². The minimum absolute atomic E-state index is 0.695. The minimum atomic E-state index is 0.695. The van der Waals surface area contributed by atoms with E-state index in [4.69, 9.17) is 20.4 Å². The fraction of sp³-hybridized carbons (Fsp3) is 0.0444. The van der Waals surface area contributed by atoms with Crippen molar-refractivity contribution in [2.75, 3.05) is 0 Å². The summed E-state index contributed by atoms with van der Waals surface area (Å²) in [6.45, 7) is 2.80. The first kappa shape index (κ1) is 59.0. The Labute approximate surface area is 567 Å². The van der Waals surface area contributed by atoms with E-state index < -0.39 is 0 Å². The molecular weight excluding hydrogens is 1190 g/mol. The van der Waals surface area contributed by atoms with E-state index in [2.05, 4.69) is 313 Å². The Hall–Kier alpha value is -12.8. The molecule has 0 bridgehead atoms. The number of aromatic nitrogens is 8. The molecule has 98 heavy (non-hydrogen) atoms. The largest absolute Gasteiger partial charge is 0.268 e. The van der Waals surface area contributed by atoms with E-state index in [0.717, 1.165) is 22.8 Å². The van der Waals surface area contributed by atoms with Gasteiger partial charge in [0, 0.05) is 47.0 Å². The molecule has 0 unspecified atom stereocenters. The first-order valence-corrected chi connectivity index (χ1v) is 33.5. The molecule has 0 aliphatic carbocycles. The van der Waals surface area contributed by atoms with Crippen molar-refractivity contribution in [1.29, 1.82) is 0 Å². The van der Waals surface area contributed by atoms with Crippen LogP contribution in [-0.2, 0) is 26.2 Å². The van der Waals surface area contributed by atoms with Crippen LogP contribution in [0.15, 0.2) is 352 Å². The van der Waals surface area contributed by atoms with Crippen LogP contribution in [0.1, 0.15) is 22.3 Å². The number of fused-ring (bicyclic) bond motifs is 8. The number of rotatable bonds is 12. The van der Waals surface area contributed by atoms with Crippen LogP contribution in [-0.4, -0.2) is 39.1 Å². The second-order valence-corrected chi connectivity index (χ2v) is 25.1. The minimum Gasteiger partial charge on any atom is -0.268 e. The van der Waals surface area contributed by atoms with Gasteiger partial charge in [-0.2, -0.15) is 20.4 Å². The van der Waals surface area contributed by atoms with Gasteiger partial charge in [0.2, 0.25) is 0 Å². The molecule has 0 saturated heterocycles. The summed E-state index contributed by atoms with van der Waals surface area (Å²) in [6, 6.07) is 116. The molecule has 0 aliphatic rings. The van der Waals surface area contributed by atoms with E-state index in [-0.39, 0.29) is 0 Å². The smallest absolute Gasteiger partial charge is 0.0935 e. The molecule has 8 heteroatoms. The van der Waals surface area contributed by atoms with Crippen molar-refractivity contribution in [3.63, 3.8) is 0 Å². The average Bonchev–Trinajstić information content (AvgIpc) is 1.31. The Morgan fingerprint density at radius 3 is 0.714 bits per heavy atom. The third-order valence-electron chi connectivity index (χ3n) is 18.9. The maximum Gasteiger partial charge on any atom is 0.0935 e. The number of benzene rings is 15. The van der Waals surface area contributed by atoms with Crippen LogP contribution in [0.5, 0.6) is 0 Å². The van der Waals surface area contributed by atoms with E-state index in [0.29, 0.717) is 26.2 Å². The Morgan fingerprint density at radius 1 is 0.214 bits per heavy atom. The van der Waals surface area contributed by atoms with Gasteiger partial charge in [-0.15, -0.1) is 0 Å². The molecule has 466 valence electrons. The van der Waals surface area contributed by atoms with Gasteiger partial charge in [-0.25, -0.2) is 0 Å². The van der Waals surface area contributed by atoms with Gasteiger partial charge >= 0.3 is 0 Å². The zero-order valence-electron chi connectivity index (χ0n) is 53.9. The van der Waals surface area contributed by atoms with Gasteiger partial charge in [0.15, 0.2) is 0 Å². The molecule has 0 saturated carbocycles. The average molecular weight is 1260 g/mol. The van der Waals surface area contributed by atoms with Crippen molar-refractivity contribution in [2.24, 2.45) is 0 Å². The highest BCUT2D eigenvalue weighted by atomic mass is 15.3. The first-order valence-electron chi connectivity index (χ1n) is 33.5. The molecule has 0 aliphatic heterocycles. The summed E-state index contributed by atoms with van der Waals surface area (Å²) in [5.41, 5.74) is 13.9.